The maximum atomic E-state index is 5.33. The van der Waals surface area contributed by atoms with E-state index in [0.717, 1.165) is 12.4 Å². The van der Waals surface area contributed by atoms with Crippen LogP contribution in [0.2, 0.25) is 0 Å². The van der Waals surface area contributed by atoms with Gasteiger partial charge in [-0.25, -0.2) is 0 Å². The van der Waals surface area contributed by atoms with Crippen LogP contribution in [-0.2, 0) is 4.74 Å². The Kier molecular flexibility index (Phi) is 4.22. The van der Waals surface area contributed by atoms with Crippen molar-refractivity contribution in [2.24, 2.45) is 0 Å². The quantitative estimate of drug-likeness (QED) is 0.709. The highest BCUT2D eigenvalue weighted by atomic mass is 79.9. The number of rotatable bonds is 3. The number of halogens is 1. The third-order valence-electron chi connectivity index (χ3n) is 1.56. The van der Waals surface area contributed by atoms with Crippen molar-refractivity contribution in [3.05, 3.63) is 22.8 Å². The van der Waals surface area contributed by atoms with Gasteiger partial charge in [0.05, 0.1) is 6.26 Å². The Labute approximate surface area is 86.4 Å². The maximum Gasteiger partial charge on any atom is 0.118 e. The fourth-order valence-electron chi connectivity index (χ4n) is 0.959. The molecule has 0 saturated heterocycles. The van der Waals surface area contributed by atoms with E-state index in [-0.39, 0.29) is 0 Å². The van der Waals surface area contributed by atoms with Gasteiger partial charge in [-0.2, -0.15) is 0 Å². The van der Waals surface area contributed by atoms with E-state index in [0.29, 0.717) is 4.83 Å². The van der Waals surface area contributed by atoms with Crippen molar-refractivity contribution < 1.29 is 4.74 Å². The fourth-order valence-corrected chi connectivity index (χ4v) is 1.94. The van der Waals surface area contributed by atoms with Gasteiger partial charge in [-0.1, -0.05) is 22.9 Å². The molecule has 0 radical (unpaired) electrons. The van der Waals surface area contributed by atoms with Gasteiger partial charge in [-0.05, 0) is 18.8 Å². The molecule has 1 heterocycles. The van der Waals surface area contributed by atoms with Crippen LogP contribution in [0.5, 0.6) is 0 Å². The van der Waals surface area contributed by atoms with Crippen LogP contribution in [0, 0.1) is 0 Å². The molecule has 0 saturated carbocycles. The van der Waals surface area contributed by atoms with Crippen molar-refractivity contribution in [2.75, 3.05) is 12.4 Å². The molecule has 0 aromatic heterocycles. The predicted molar refractivity (Wildman–Crippen MR) is 58.6 cm³/mol. The van der Waals surface area contributed by atoms with E-state index >= 15 is 0 Å². The van der Waals surface area contributed by atoms with Crippen LogP contribution in [0.1, 0.15) is 13.8 Å². The first-order chi connectivity index (χ1) is 5.74. The molecule has 1 rings (SSSR count). The molecule has 0 amide bonds. The second kappa shape index (κ2) is 4.97. The molecule has 0 N–H and O–H groups in total. The zero-order valence-electron chi connectivity index (χ0n) is 7.34. The van der Waals surface area contributed by atoms with Gasteiger partial charge in [0.15, 0.2) is 0 Å². The molecule has 1 nitrogen and oxygen atoms in total. The van der Waals surface area contributed by atoms with Crippen LogP contribution in [0.25, 0.3) is 0 Å². The Morgan fingerprint density at radius 1 is 1.75 bits per heavy atom. The molecule has 68 valence electrons. The van der Waals surface area contributed by atoms with Crippen molar-refractivity contribution in [2.45, 2.75) is 18.7 Å². The zero-order valence-corrected chi connectivity index (χ0v) is 9.74. The molecule has 0 fully saturated rings. The summed E-state index contributed by atoms with van der Waals surface area (Å²) in [5, 5.41) is 0. The highest BCUT2D eigenvalue weighted by Gasteiger charge is 2.09. The summed E-state index contributed by atoms with van der Waals surface area (Å²) < 4.78 is 5.33. The number of ether oxygens (including phenoxy) is 1. The predicted octanol–water partition coefficient (Wildman–Crippen LogP) is 3.32. The summed E-state index contributed by atoms with van der Waals surface area (Å²) in [6, 6.07) is 0. The normalized spacial score (nSPS) is 19.2. The van der Waals surface area contributed by atoms with E-state index in [2.05, 4.69) is 35.9 Å². The summed E-state index contributed by atoms with van der Waals surface area (Å²) >= 11 is 5.36. The molecular weight excluding hydrogens is 236 g/mol. The van der Waals surface area contributed by atoms with Crippen molar-refractivity contribution in [1.29, 1.82) is 0 Å². The van der Waals surface area contributed by atoms with Crippen LogP contribution < -0.4 is 0 Å². The zero-order chi connectivity index (χ0) is 8.97. The first-order valence-corrected chi connectivity index (χ1v) is 5.93. The minimum atomic E-state index is 0.380. The van der Waals surface area contributed by atoms with Gasteiger partial charge in [0.1, 0.15) is 6.61 Å². The van der Waals surface area contributed by atoms with Crippen LogP contribution in [-0.4, -0.2) is 17.2 Å². The summed E-state index contributed by atoms with van der Waals surface area (Å²) in [4.78, 5) is 1.70. The van der Waals surface area contributed by atoms with Crippen molar-refractivity contribution in [3.63, 3.8) is 0 Å². The van der Waals surface area contributed by atoms with E-state index in [4.69, 9.17) is 4.74 Å². The standard InChI is InChI=1S/C9H13BrOS/c1-3-12-9-4-8(7(2)10)5-11-6-9/h4-5,7H,3,6H2,1-2H3. The van der Waals surface area contributed by atoms with E-state index in [1.165, 1.54) is 10.5 Å². The lowest BCUT2D eigenvalue weighted by Crippen LogP contribution is -2.04. The van der Waals surface area contributed by atoms with Crippen LogP contribution >= 0.6 is 27.7 Å². The number of hydrogen-bond acceptors (Lipinski definition) is 2. The smallest absolute Gasteiger partial charge is 0.118 e. The van der Waals surface area contributed by atoms with Crippen molar-refractivity contribution in [1.82, 2.24) is 0 Å². The first-order valence-electron chi connectivity index (χ1n) is 4.03. The highest BCUT2D eigenvalue weighted by molar-refractivity contribution is 9.09. The second-order valence-corrected chi connectivity index (χ2v) is 5.35. The maximum absolute atomic E-state index is 5.33. The first kappa shape index (κ1) is 10.2. The molecule has 0 aliphatic carbocycles. The number of hydrogen-bond donors (Lipinski definition) is 0. The lowest BCUT2D eigenvalue weighted by Gasteiger charge is -2.15. The number of allylic oxidation sites excluding steroid dienone is 2. The SMILES string of the molecule is CCSC1=CC(C(C)Br)=COC1. The Hall–Kier alpha value is 0.110. The fraction of sp³-hybridized carbons (Fsp3) is 0.556. The number of alkyl halides is 1. The minimum absolute atomic E-state index is 0.380. The van der Waals surface area contributed by atoms with Crippen LogP contribution in [0.15, 0.2) is 22.8 Å². The van der Waals surface area contributed by atoms with Crippen molar-refractivity contribution in [3.8, 4) is 0 Å². The van der Waals surface area contributed by atoms with Gasteiger partial charge in [0.2, 0.25) is 0 Å². The molecule has 0 aromatic rings. The monoisotopic (exact) mass is 248 g/mol. The summed E-state index contributed by atoms with van der Waals surface area (Å²) in [5.41, 5.74) is 1.22. The third kappa shape index (κ3) is 2.87. The van der Waals surface area contributed by atoms with Gasteiger partial charge in [0.25, 0.3) is 0 Å². The third-order valence-corrected chi connectivity index (χ3v) is 2.99. The van der Waals surface area contributed by atoms with E-state index in [9.17, 15) is 0 Å². The lowest BCUT2D eigenvalue weighted by molar-refractivity contribution is 0.279. The molecule has 0 bridgehead atoms. The van der Waals surface area contributed by atoms with E-state index in [1.807, 2.05) is 18.0 Å². The van der Waals surface area contributed by atoms with Crippen LogP contribution in [0.3, 0.4) is 0 Å². The molecular formula is C9H13BrOS. The van der Waals surface area contributed by atoms with Crippen LogP contribution in [0.4, 0.5) is 0 Å². The van der Waals surface area contributed by atoms with E-state index < -0.39 is 0 Å². The van der Waals surface area contributed by atoms with Crippen molar-refractivity contribution >= 4 is 27.7 Å². The van der Waals surface area contributed by atoms with E-state index in [1.54, 1.807) is 0 Å². The average molecular weight is 249 g/mol. The molecule has 1 atom stereocenters. The topological polar surface area (TPSA) is 9.23 Å². The molecule has 12 heavy (non-hydrogen) atoms. The Bertz CT molecular complexity index is 209. The molecule has 0 spiro atoms. The highest BCUT2D eigenvalue weighted by Crippen LogP contribution is 2.25. The number of thioether (sulfide) groups is 1. The Morgan fingerprint density at radius 2 is 2.50 bits per heavy atom. The lowest BCUT2D eigenvalue weighted by atomic mass is 10.2. The van der Waals surface area contributed by atoms with Gasteiger partial charge >= 0.3 is 0 Å². The van der Waals surface area contributed by atoms with Gasteiger partial charge < -0.3 is 4.74 Å². The summed E-state index contributed by atoms with van der Waals surface area (Å²) in [6.07, 6.45) is 4.04. The summed E-state index contributed by atoms with van der Waals surface area (Å²) in [5.74, 6) is 1.11. The molecule has 1 aliphatic heterocycles. The van der Waals surface area contributed by atoms with Gasteiger partial charge in [-0.15, -0.1) is 11.8 Å². The largest absolute Gasteiger partial charge is 0.496 e. The average Bonchev–Trinajstić information content (AvgIpc) is 2.05. The van der Waals surface area contributed by atoms with Gasteiger partial charge in [0, 0.05) is 15.3 Å². The molecule has 0 aromatic carbocycles. The summed E-state index contributed by atoms with van der Waals surface area (Å²) in [6.45, 7) is 4.99. The molecule has 3 heteroatoms. The Morgan fingerprint density at radius 3 is 3.08 bits per heavy atom. The Balaban J connectivity index is 2.61. The van der Waals surface area contributed by atoms with Gasteiger partial charge in [-0.3, -0.25) is 0 Å². The summed E-state index contributed by atoms with van der Waals surface area (Å²) in [7, 11) is 0. The minimum Gasteiger partial charge on any atom is -0.496 e. The molecule has 1 unspecified atom stereocenters. The molecule has 1 aliphatic rings. The second-order valence-electron chi connectivity index (χ2n) is 2.59.